The molecule has 7 nitrogen and oxygen atoms in total. The van der Waals surface area contributed by atoms with Crippen molar-refractivity contribution >= 4 is 5.97 Å². The molecule has 1 aromatic heterocycles. The highest BCUT2D eigenvalue weighted by atomic mass is 17.3. The van der Waals surface area contributed by atoms with Crippen LogP contribution >= 0.6 is 0 Å². The molecule has 1 aromatic rings. The minimum absolute atomic E-state index is 0.0185. The molecule has 7 atom stereocenters. The van der Waals surface area contributed by atoms with Gasteiger partial charge in [-0.25, -0.2) is 14.8 Å². The molecule has 7 heteroatoms. The standard InChI is InChI=1S/C18H24N2O5/c1-11-3-4-14-12(9-20-8-7-19-10-20)15(21)22-16-18(14)13(11)5-6-17(2,23-16)24-25-18/h7-8,10-14,16H,3-6,9H2,1-2H3/t11-,12?,13+,14+,16-,17+,18-/m1/s1. The van der Waals surface area contributed by atoms with Gasteiger partial charge in [0.05, 0.1) is 12.2 Å². The number of hydrogen-bond donors (Lipinski definition) is 0. The SMILES string of the molecule is C[C@@H]1CC[C@H]2C(Cn3ccnc3)C(=O)O[C@@H]3O[C@]4(C)CC[C@@H]1[C@]32OO4. The lowest BCUT2D eigenvalue weighted by atomic mass is 9.58. The van der Waals surface area contributed by atoms with Crippen molar-refractivity contribution < 1.29 is 24.0 Å². The maximum Gasteiger partial charge on any atom is 0.313 e. The van der Waals surface area contributed by atoms with Gasteiger partial charge in [0.1, 0.15) is 0 Å². The maximum absolute atomic E-state index is 12.8. The second-order valence-electron chi connectivity index (χ2n) is 8.21. The zero-order chi connectivity index (χ0) is 17.2. The van der Waals surface area contributed by atoms with E-state index in [4.69, 9.17) is 19.2 Å². The lowest BCUT2D eigenvalue weighted by Crippen LogP contribution is -2.70. The van der Waals surface area contributed by atoms with Gasteiger partial charge in [0.25, 0.3) is 0 Å². The van der Waals surface area contributed by atoms with Gasteiger partial charge in [0.15, 0.2) is 5.60 Å². The number of imidazole rings is 1. The summed E-state index contributed by atoms with van der Waals surface area (Å²) in [5.41, 5.74) is -0.702. The van der Waals surface area contributed by atoms with Gasteiger partial charge in [-0.3, -0.25) is 4.79 Å². The zero-order valence-corrected chi connectivity index (χ0v) is 14.6. The first-order valence-corrected chi connectivity index (χ1v) is 9.23. The van der Waals surface area contributed by atoms with Crippen molar-refractivity contribution in [3.8, 4) is 0 Å². The molecule has 1 aliphatic carbocycles. The number of hydrogen-bond acceptors (Lipinski definition) is 6. The summed E-state index contributed by atoms with van der Waals surface area (Å²) in [4.78, 5) is 28.7. The summed E-state index contributed by atoms with van der Waals surface area (Å²) in [6, 6.07) is 0. The second kappa shape index (κ2) is 5.28. The Balaban J connectivity index is 1.57. The van der Waals surface area contributed by atoms with E-state index < -0.39 is 17.7 Å². The molecule has 6 rings (SSSR count). The van der Waals surface area contributed by atoms with Crippen LogP contribution in [-0.2, 0) is 30.6 Å². The van der Waals surface area contributed by atoms with E-state index in [-0.39, 0.29) is 23.7 Å². The minimum Gasteiger partial charge on any atom is -0.432 e. The van der Waals surface area contributed by atoms with Gasteiger partial charge in [-0.05, 0) is 32.1 Å². The van der Waals surface area contributed by atoms with Crippen molar-refractivity contribution in [2.75, 3.05) is 0 Å². The molecule has 2 bridgehead atoms. The summed E-state index contributed by atoms with van der Waals surface area (Å²) in [5.74, 6) is -0.562. The van der Waals surface area contributed by atoms with Gasteiger partial charge in [-0.15, -0.1) is 0 Å². The molecule has 0 aromatic carbocycles. The highest BCUT2D eigenvalue weighted by molar-refractivity contribution is 5.74. The summed E-state index contributed by atoms with van der Waals surface area (Å²) in [7, 11) is 0. The molecule has 1 spiro atoms. The van der Waals surface area contributed by atoms with Crippen LogP contribution in [0.3, 0.4) is 0 Å². The van der Waals surface area contributed by atoms with E-state index in [9.17, 15) is 4.79 Å². The first-order valence-electron chi connectivity index (χ1n) is 9.23. The Bertz CT molecular complexity index is 679. The third-order valence-electron chi connectivity index (χ3n) is 6.75. The van der Waals surface area contributed by atoms with Crippen molar-refractivity contribution in [1.82, 2.24) is 9.55 Å². The van der Waals surface area contributed by atoms with Crippen molar-refractivity contribution in [3.63, 3.8) is 0 Å². The van der Waals surface area contributed by atoms with Crippen molar-refractivity contribution in [2.45, 2.75) is 63.8 Å². The van der Waals surface area contributed by atoms with E-state index in [0.717, 1.165) is 25.7 Å². The smallest absolute Gasteiger partial charge is 0.313 e. The highest BCUT2D eigenvalue weighted by Crippen LogP contribution is 2.59. The normalized spacial score (nSPS) is 48.6. The van der Waals surface area contributed by atoms with E-state index in [2.05, 4.69) is 11.9 Å². The predicted molar refractivity (Wildman–Crippen MR) is 84.6 cm³/mol. The molecular weight excluding hydrogens is 324 g/mol. The van der Waals surface area contributed by atoms with E-state index in [1.807, 2.05) is 17.7 Å². The molecule has 0 N–H and O–H groups in total. The average molecular weight is 348 g/mol. The fourth-order valence-corrected chi connectivity index (χ4v) is 5.44. The highest BCUT2D eigenvalue weighted by Gasteiger charge is 2.70. The molecule has 5 aliphatic rings. The third-order valence-corrected chi connectivity index (χ3v) is 6.75. The minimum atomic E-state index is -0.838. The Morgan fingerprint density at radius 1 is 1.28 bits per heavy atom. The maximum atomic E-state index is 12.8. The van der Waals surface area contributed by atoms with Gasteiger partial charge in [0.2, 0.25) is 12.1 Å². The quantitative estimate of drug-likeness (QED) is 0.603. The Morgan fingerprint density at radius 3 is 2.96 bits per heavy atom. The van der Waals surface area contributed by atoms with Crippen LogP contribution in [0.4, 0.5) is 0 Å². The van der Waals surface area contributed by atoms with Crippen LogP contribution in [0, 0.1) is 23.7 Å². The van der Waals surface area contributed by atoms with Crippen LogP contribution < -0.4 is 0 Å². The van der Waals surface area contributed by atoms with Crippen LogP contribution in [0.5, 0.6) is 0 Å². The topological polar surface area (TPSA) is 71.8 Å². The molecular formula is C18H24N2O5. The largest absolute Gasteiger partial charge is 0.432 e. The first kappa shape index (κ1) is 15.8. The predicted octanol–water partition coefficient (Wildman–Crippen LogP) is 2.27. The molecule has 0 amide bonds. The number of rotatable bonds is 2. The number of carbonyl (C=O) groups is 1. The lowest BCUT2D eigenvalue weighted by molar-refractivity contribution is -0.559. The van der Waals surface area contributed by atoms with E-state index in [0.29, 0.717) is 12.5 Å². The number of aromatic nitrogens is 2. The molecule has 136 valence electrons. The number of esters is 1. The van der Waals surface area contributed by atoms with Crippen molar-refractivity contribution in [1.29, 1.82) is 0 Å². The Morgan fingerprint density at radius 2 is 2.16 bits per heavy atom. The summed E-state index contributed by atoms with van der Waals surface area (Å²) in [6.07, 6.45) is 8.34. The average Bonchev–Trinajstić information content (AvgIpc) is 2.99. The summed E-state index contributed by atoms with van der Waals surface area (Å²) >= 11 is 0. The van der Waals surface area contributed by atoms with Crippen molar-refractivity contribution in [3.05, 3.63) is 18.7 Å². The Labute approximate surface area is 146 Å². The molecule has 1 saturated carbocycles. The lowest BCUT2D eigenvalue weighted by Gasteiger charge is -2.58. The molecule has 5 heterocycles. The molecule has 25 heavy (non-hydrogen) atoms. The molecule has 4 aliphatic heterocycles. The van der Waals surface area contributed by atoms with Crippen LogP contribution in [-0.4, -0.2) is 33.2 Å². The van der Waals surface area contributed by atoms with Crippen LogP contribution in [0.15, 0.2) is 18.7 Å². The molecule has 0 radical (unpaired) electrons. The van der Waals surface area contributed by atoms with Crippen LogP contribution in [0.1, 0.15) is 39.5 Å². The number of carbonyl (C=O) groups excluding carboxylic acids is 1. The van der Waals surface area contributed by atoms with Crippen LogP contribution in [0.25, 0.3) is 0 Å². The van der Waals surface area contributed by atoms with Gasteiger partial charge in [-0.1, -0.05) is 6.92 Å². The first-order chi connectivity index (χ1) is 12.0. The van der Waals surface area contributed by atoms with Crippen LogP contribution in [0.2, 0.25) is 0 Å². The zero-order valence-electron chi connectivity index (χ0n) is 14.6. The Hall–Kier alpha value is -1.44. The number of fused-ring (bicyclic) bond motifs is 2. The molecule has 5 fully saturated rings. The third kappa shape index (κ3) is 2.15. The number of ether oxygens (including phenoxy) is 2. The fourth-order valence-electron chi connectivity index (χ4n) is 5.44. The van der Waals surface area contributed by atoms with E-state index in [1.165, 1.54) is 0 Å². The van der Waals surface area contributed by atoms with Gasteiger partial charge < -0.3 is 14.0 Å². The van der Waals surface area contributed by atoms with E-state index >= 15 is 0 Å². The second-order valence-corrected chi connectivity index (χ2v) is 8.21. The van der Waals surface area contributed by atoms with Crippen molar-refractivity contribution in [2.24, 2.45) is 23.7 Å². The monoisotopic (exact) mass is 348 g/mol. The van der Waals surface area contributed by atoms with Gasteiger partial charge >= 0.3 is 5.97 Å². The summed E-state index contributed by atoms with van der Waals surface area (Å²) < 4.78 is 13.9. The summed E-state index contributed by atoms with van der Waals surface area (Å²) in [5, 5.41) is 0. The van der Waals surface area contributed by atoms with E-state index in [1.54, 1.807) is 12.5 Å². The number of nitrogens with zero attached hydrogens (tertiary/aromatic N) is 2. The van der Waals surface area contributed by atoms with Gasteiger partial charge in [0, 0.05) is 37.2 Å². The molecule has 1 unspecified atom stereocenters. The van der Waals surface area contributed by atoms with Gasteiger partial charge in [-0.2, -0.15) is 0 Å². The fraction of sp³-hybridized carbons (Fsp3) is 0.778. The Kier molecular flexibility index (Phi) is 3.34. The molecule has 4 saturated heterocycles. The summed E-state index contributed by atoms with van der Waals surface area (Å²) in [6.45, 7) is 4.67.